The number of carbonyl (C=O) groups is 1. The van der Waals surface area contributed by atoms with Gasteiger partial charge in [-0.25, -0.2) is 4.98 Å². The molecule has 0 saturated carbocycles. The molecule has 3 heterocycles. The third kappa shape index (κ3) is 3.64. The Kier molecular flexibility index (Phi) is 5.18. The van der Waals surface area contributed by atoms with Crippen molar-refractivity contribution in [3.63, 3.8) is 0 Å². The van der Waals surface area contributed by atoms with Crippen molar-refractivity contribution < 1.29 is 4.79 Å². The van der Waals surface area contributed by atoms with E-state index >= 15 is 0 Å². The molecule has 6 nitrogen and oxygen atoms in total. The Labute approximate surface area is 186 Å². The topological polar surface area (TPSA) is 73.4 Å². The van der Waals surface area contributed by atoms with Crippen LogP contribution < -0.4 is 5.32 Å². The fourth-order valence-electron chi connectivity index (χ4n) is 4.19. The van der Waals surface area contributed by atoms with Crippen LogP contribution in [-0.2, 0) is 0 Å². The SMILES string of the molecule is Cc1cc2ncc(-c3ccc(C#N)cc3)n2cc1-c1ccc(C(=O)N2CCNCC2)cc1. The largest absolute Gasteiger partial charge is 0.336 e. The van der Waals surface area contributed by atoms with Gasteiger partial charge in [-0.2, -0.15) is 5.26 Å². The Bertz CT molecular complexity index is 1320. The minimum Gasteiger partial charge on any atom is -0.336 e. The number of nitrogens with zero attached hydrogens (tertiary/aromatic N) is 4. The molecule has 4 aromatic rings. The molecule has 1 fully saturated rings. The number of aromatic nitrogens is 2. The van der Waals surface area contributed by atoms with Crippen LogP contribution in [0, 0.1) is 18.3 Å². The van der Waals surface area contributed by atoms with Crippen molar-refractivity contribution >= 4 is 11.6 Å². The molecule has 0 spiro atoms. The van der Waals surface area contributed by atoms with E-state index in [1.807, 2.05) is 59.6 Å². The first-order valence-corrected chi connectivity index (χ1v) is 10.7. The molecule has 0 unspecified atom stereocenters. The number of nitriles is 1. The first kappa shape index (κ1) is 20.0. The van der Waals surface area contributed by atoms with Crippen molar-refractivity contribution in [2.24, 2.45) is 0 Å². The third-order valence-corrected chi connectivity index (χ3v) is 6.01. The molecule has 1 N–H and O–H groups in total. The first-order chi connectivity index (χ1) is 15.6. The van der Waals surface area contributed by atoms with Gasteiger partial charge in [-0.15, -0.1) is 0 Å². The van der Waals surface area contributed by atoms with Crippen LogP contribution in [-0.4, -0.2) is 46.4 Å². The molecule has 0 radical (unpaired) electrons. The summed E-state index contributed by atoms with van der Waals surface area (Å²) in [5.41, 5.74) is 7.46. The zero-order chi connectivity index (χ0) is 22.1. The molecule has 1 aliphatic rings. The monoisotopic (exact) mass is 421 g/mol. The normalized spacial score (nSPS) is 13.8. The summed E-state index contributed by atoms with van der Waals surface area (Å²) in [7, 11) is 0. The highest BCUT2D eigenvalue weighted by atomic mass is 16.2. The minimum atomic E-state index is 0.0861. The van der Waals surface area contributed by atoms with Gasteiger partial charge in [0.1, 0.15) is 5.65 Å². The summed E-state index contributed by atoms with van der Waals surface area (Å²) < 4.78 is 2.07. The first-order valence-electron chi connectivity index (χ1n) is 10.7. The van der Waals surface area contributed by atoms with Crippen LogP contribution in [0.3, 0.4) is 0 Å². The molecule has 2 aromatic heterocycles. The lowest BCUT2D eigenvalue weighted by Crippen LogP contribution is -2.46. The molecule has 32 heavy (non-hydrogen) atoms. The van der Waals surface area contributed by atoms with Crippen LogP contribution in [0.2, 0.25) is 0 Å². The second kappa shape index (κ2) is 8.29. The molecule has 0 aliphatic carbocycles. The van der Waals surface area contributed by atoms with E-state index < -0.39 is 0 Å². The highest BCUT2D eigenvalue weighted by molar-refractivity contribution is 5.95. The van der Waals surface area contributed by atoms with E-state index in [2.05, 4.69) is 40.0 Å². The lowest BCUT2D eigenvalue weighted by Gasteiger charge is -2.27. The second-order valence-electron chi connectivity index (χ2n) is 8.05. The lowest BCUT2D eigenvalue weighted by molar-refractivity contribution is 0.0736. The number of rotatable bonds is 3. The van der Waals surface area contributed by atoms with Gasteiger partial charge in [-0.05, 0) is 48.4 Å². The molecule has 2 aromatic carbocycles. The minimum absolute atomic E-state index is 0.0861. The van der Waals surface area contributed by atoms with E-state index in [1.54, 1.807) is 0 Å². The molecule has 5 rings (SSSR count). The van der Waals surface area contributed by atoms with Crippen molar-refractivity contribution in [3.8, 4) is 28.5 Å². The fourth-order valence-corrected chi connectivity index (χ4v) is 4.19. The smallest absolute Gasteiger partial charge is 0.253 e. The molecule has 1 amide bonds. The third-order valence-electron chi connectivity index (χ3n) is 6.01. The Morgan fingerprint density at radius 3 is 2.41 bits per heavy atom. The molecule has 6 heteroatoms. The maximum atomic E-state index is 12.8. The van der Waals surface area contributed by atoms with E-state index in [0.29, 0.717) is 5.56 Å². The maximum Gasteiger partial charge on any atom is 0.253 e. The number of hydrogen-bond donors (Lipinski definition) is 1. The van der Waals surface area contributed by atoms with Crippen molar-refractivity contribution in [2.45, 2.75) is 6.92 Å². The summed E-state index contributed by atoms with van der Waals surface area (Å²) >= 11 is 0. The van der Waals surface area contributed by atoms with Gasteiger partial charge >= 0.3 is 0 Å². The van der Waals surface area contributed by atoms with Crippen LogP contribution in [0.5, 0.6) is 0 Å². The van der Waals surface area contributed by atoms with Gasteiger partial charge in [-0.3, -0.25) is 9.20 Å². The number of piperazine rings is 1. The van der Waals surface area contributed by atoms with Gasteiger partial charge in [-0.1, -0.05) is 24.3 Å². The van der Waals surface area contributed by atoms with Gasteiger partial charge < -0.3 is 10.2 Å². The van der Waals surface area contributed by atoms with E-state index in [9.17, 15) is 4.79 Å². The van der Waals surface area contributed by atoms with Crippen LogP contribution in [0.25, 0.3) is 28.0 Å². The predicted octanol–water partition coefficient (Wildman–Crippen LogP) is 3.89. The van der Waals surface area contributed by atoms with E-state index in [-0.39, 0.29) is 5.91 Å². The van der Waals surface area contributed by atoms with Crippen LogP contribution in [0.4, 0.5) is 0 Å². The van der Waals surface area contributed by atoms with Crippen molar-refractivity contribution in [3.05, 3.63) is 83.7 Å². The van der Waals surface area contributed by atoms with Gasteiger partial charge in [0, 0.05) is 49.1 Å². The van der Waals surface area contributed by atoms with Gasteiger partial charge in [0.2, 0.25) is 0 Å². The molecule has 158 valence electrons. The standard InChI is InChI=1S/C26H23N5O/c1-18-14-25-29-16-24(21-4-2-19(15-27)3-5-21)31(25)17-23(18)20-6-8-22(9-7-20)26(32)30-12-10-28-11-13-30/h2-9,14,16-17,28H,10-13H2,1H3. The molecule has 0 bridgehead atoms. The lowest BCUT2D eigenvalue weighted by atomic mass is 10.0. The maximum absolute atomic E-state index is 12.8. The number of pyridine rings is 1. The van der Waals surface area contributed by atoms with Gasteiger partial charge in [0.05, 0.1) is 23.5 Å². The Hall–Kier alpha value is -3.95. The average molecular weight is 422 g/mol. The van der Waals surface area contributed by atoms with Crippen LogP contribution >= 0.6 is 0 Å². The van der Waals surface area contributed by atoms with Gasteiger partial charge in [0.15, 0.2) is 0 Å². The Balaban J connectivity index is 1.49. The number of aryl methyl sites for hydroxylation is 1. The number of hydrogen-bond acceptors (Lipinski definition) is 4. The number of nitrogens with one attached hydrogen (secondary N) is 1. The summed E-state index contributed by atoms with van der Waals surface area (Å²) in [6, 6.07) is 19.6. The number of carbonyl (C=O) groups excluding carboxylic acids is 1. The van der Waals surface area contributed by atoms with E-state index in [0.717, 1.165) is 65.3 Å². The van der Waals surface area contributed by atoms with Crippen molar-refractivity contribution in [2.75, 3.05) is 26.2 Å². The number of benzene rings is 2. The van der Waals surface area contributed by atoms with E-state index in [1.165, 1.54) is 0 Å². The van der Waals surface area contributed by atoms with Crippen LogP contribution in [0.15, 0.2) is 67.0 Å². The summed E-state index contributed by atoms with van der Waals surface area (Å²) in [6.07, 6.45) is 3.95. The summed E-state index contributed by atoms with van der Waals surface area (Å²) in [5.74, 6) is 0.0861. The number of imidazole rings is 1. The summed E-state index contributed by atoms with van der Waals surface area (Å²) in [6.45, 7) is 5.25. The number of amides is 1. The van der Waals surface area contributed by atoms with Crippen LogP contribution in [0.1, 0.15) is 21.5 Å². The molecule has 1 saturated heterocycles. The molecule has 1 aliphatic heterocycles. The van der Waals surface area contributed by atoms with Crippen molar-refractivity contribution in [1.82, 2.24) is 19.6 Å². The quantitative estimate of drug-likeness (QED) is 0.545. The Morgan fingerprint density at radius 2 is 1.72 bits per heavy atom. The van der Waals surface area contributed by atoms with Gasteiger partial charge in [0.25, 0.3) is 5.91 Å². The fraction of sp³-hybridized carbons (Fsp3) is 0.192. The number of fused-ring (bicyclic) bond motifs is 1. The average Bonchev–Trinajstić information content (AvgIpc) is 3.26. The highest BCUT2D eigenvalue weighted by Crippen LogP contribution is 2.28. The second-order valence-corrected chi connectivity index (χ2v) is 8.05. The molecule has 0 atom stereocenters. The zero-order valence-corrected chi connectivity index (χ0v) is 17.9. The van der Waals surface area contributed by atoms with Crippen molar-refractivity contribution in [1.29, 1.82) is 5.26 Å². The molecular formula is C26H23N5O. The highest BCUT2D eigenvalue weighted by Gasteiger charge is 2.18. The summed E-state index contributed by atoms with van der Waals surface area (Å²) in [4.78, 5) is 19.2. The Morgan fingerprint density at radius 1 is 1.03 bits per heavy atom. The molecular weight excluding hydrogens is 398 g/mol. The van der Waals surface area contributed by atoms with E-state index in [4.69, 9.17) is 5.26 Å². The predicted molar refractivity (Wildman–Crippen MR) is 124 cm³/mol. The zero-order valence-electron chi connectivity index (χ0n) is 17.9. The summed E-state index contributed by atoms with van der Waals surface area (Å²) in [5, 5.41) is 12.3.